The summed E-state index contributed by atoms with van der Waals surface area (Å²) in [6.45, 7) is 0. The van der Waals surface area contributed by atoms with Crippen LogP contribution in [0.2, 0.25) is 0 Å². The van der Waals surface area contributed by atoms with Crippen LogP contribution in [0.3, 0.4) is 0 Å². The van der Waals surface area contributed by atoms with Gasteiger partial charge >= 0.3 is 0 Å². The van der Waals surface area contributed by atoms with Gasteiger partial charge in [-0.15, -0.1) is 0 Å². The third kappa shape index (κ3) is 5.30. The summed E-state index contributed by atoms with van der Waals surface area (Å²) in [5.74, 6) is 1.86. The van der Waals surface area contributed by atoms with Gasteiger partial charge in [-0.1, -0.05) is 170 Å². The summed E-state index contributed by atoms with van der Waals surface area (Å²) >= 11 is 0. The van der Waals surface area contributed by atoms with Gasteiger partial charge in [0.25, 0.3) is 0 Å². The molecule has 0 saturated carbocycles. The average molecular weight is 766 g/mol. The lowest BCUT2D eigenvalue weighted by molar-refractivity contribution is 1.07. The van der Waals surface area contributed by atoms with Gasteiger partial charge in [0.05, 0.1) is 27.8 Å². The van der Waals surface area contributed by atoms with Crippen molar-refractivity contribution >= 4 is 54.4 Å². The van der Waals surface area contributed by atoms with Crippen LogP contribution in [0, 0.1) is 0 Å². The Morgan fingerprint density at radius 3 is 1.42 bits per heavy atom. The van der Waals surface area contributed by atoms with Crippen LogP contribution in [0.5, 0.6) is 0 Å². The number of fused-ring (bicyclic) bond motifs is 7. The number of nitrogens with zero attached hydrogens (tertiary/aromatic N) is 5. The standard InChI is InChI=1S/C55H35N5/c1-4-18-36(19-5-1)39-34-35-46(41-25-11-10-24-40(39)41)54-56-53(37-20-6-2-7-21-37)57-55(58-54)47-30-16-28-44-42-26-13-15-32-49(42)60(51(44)47)50-33-17-29-45-43-27-12-14-31-48(43)59(52(45)50)38-22-8-3-9-23-38/h1-35H. The molecule has 3 heterocycles. The molecule has 0 atom stereocenters. The van der Waals surface area contributed by atoms with Crippen LogP contribution in [-0.2, 0) is 0 Å². The summed E-state index contributed by atoms with van der Waals surface area (Å²) in [6, 6.07) is 75.0. The van der Waals surface area contributed by atoms with Crippen LogP contribution < -0.4 is 0 Å². The molecule has 0 aliphatic heterocycles. The molecule has 280 valence electrons. The van der Waals surface area contributed by atoms with Gasteiger partial charge in [0.2, 0.25) is 0 Å². The van der Waals surface area contributed by atoms with E-state index in [2.05, 4.69) is 203 Å². The Hall–Kier alpha value is -8.15. The molecule has 0 amide bonds. The predicted molar refractivity (Wildman–Crippen MR) is 248 cm³/mol. The van der Waals surface area contributed by atoms with Crippen LogP contribution in [0.25, 0.3) is 111 Å². The number of aromatic nitrogens is 5. The molecule has 5 nitrogen and oxygen atoms in total. The fourth-order valence-electron chi connectivity index (χ4n) is 9.17. The number of hydrogen-bond donors (Lipinski definition) is 0. The number of para-hydroxylation sites is 5. The molecule has 0 aliphatic rings. The zero-order valence-electron chi connectivity index (χ0n) is 32.4. The quantitative estimate of drug-likeness (QED) is 0.169. The highest BCUT2D eigenvalue weighted by Crippen LogP contribution is 2.43. The summed E-state index contributed by atoms with van der Waals surface area (Å²) < 4.78 is 4.83. The van der Waals surface area contributed by atoms with Crippen LogP contribution in [0.15, 0.2) is 212 Å². The molecular formula is C55H35N5. The third-order valence-corrected chi connectivity index (χ3v) is 11.8. The van der Waals surface area contributed by atoms with Crippen LogP contribution in [-0.4, -0.2) is 24.1 Å². The first-order valence-electron chi connectivity index (χ1n) is 20.3. The normalized spacial score (nSPS) is 11.7. The number of benzene rings is 9. The SMILES string of the molecule is c1ccc(-c2nc(-c3ccc(-c4ccccc4)c4ccccc34)nc(-c3cccc4c5ccccc5n(-c5cccc6c7ccccc7n(-c7ccccc7)c56)c34)n2)cc1. The minimum Gasteiger partial charge on any atom is -0.307 e. The van der Waals surface area contributed by atoms with Gasteiger partial charge in [-0.2, -0.15) is 0 Å². The highest BCUT2D eigenvalue weighted by atomic mass is 15.1. The first kappa shape index (κ1) is 33.9. The zero-order chi connectivity index (χ0) is 39.6. The number of rotatable bonds is 6. The lowest BCUT2D eigenvalue weighted by Crippen LogP contribution is -2.04. The van der Waals surface area contributed by atoms with Crippen LogP contribution in [0.4, 0.5) is 0 Å². The van der Waals surface area contributed by atoms with E-state index in [1.54, 1.807) is 0 Å². The third-order valence-electron chi connectivity index (χ3n) is 11.8. The minimum absolute atomic E-state index is 0.612. The van der Waals surface area contributed by atoms with Crippen molar-refractivity contribution in [2.75, 3.05) is 0 Å². The molecule has 3 aromatic heterocycles. The van der Waals surface area contributed by atoms with Crippen LogP contribution in [0.1, 0.15) is 0 Å². The summed E-state index contributed by atoms with van der Waals surface area (Å²) in [4.78, 5) is 16.0. The fourth-order valence-corrected chi connectivity index (χ4v) is 9.17. The van der Waals surface area contributed by atoms with E-state index in [-0.39, 0.29) is 0 Å². The minimum atomic E-state index is 0.612. The molecule has 12 rings (SSSR count). The molecule has 0 spiro atoms. The number of hydrogen-bond acceptors (Lipinski definition) is 3. The first-order valence-corrected chi connectivity index (χ1v) is 20.3. The van der Waals surface area contributed by atoms with Crippen molar-refractivity contribution in [3.63, 3.8) is 0 Å². The molecule has 0 fully saturated rings. The largest absolute Gasteiger partial charge is 0.307 e. The van der Waals surface area contributed by atoms with Crippen molar-refractivity contribution in [2.24, 2.45) is 0 Å². The fraction of sp³-hybridized carbons (Fsp3) is 0. The molecule has 0 saturated heterocycles. The second-order valence-electron chi connectivity index (χ2n) is 15.2. The highest BCUT2D eigenvalue weighted by Gasteiger charge is 2.24. The van der Waals surface area contributed by atoms with E-state index in [0.29, 0.717) is 17.5 Å². The molecule has 0 unspecified atom stereocenters. The molecule has 12 aromatic rings. The Morgan fingerprint density at radius 1 is 0.267 bits per heavy atom. The Morgan fingerprint density at radius 2 is 0.733 bits per heavy atom. The van der Waals surface area contributed by atoms with E-state index in [1.165, 1.54) is 21.9 Å². The van der Waals surface area contributed by atoms with Crippen LogP contribution >= 0.6 is 0 Å². The van der Waals surface area contributed by atoms with E-state index in [9.17, 15) is 0 Å². The van der Waals surface area contributed by atoms with E-state index < -0.39 is 0 Å². The second-order valence-corrected chi connectivity index (χ2v) is 15.2. The van der Waals surface area contributed by atoms with Gasteiger partial charge in [0.15, 0.2) is 17.5 Å². The summed E-state index contributed by atoms with van der Waals surface area (Å²) in [5, 5.41) is 6.92. The summed E-state index contributed by atoms with van der Waals surface area (Å²) in [6.07, 6.45) is 0. The Kier molecular flexibility index (Phi) is 7.78. The van der Waals surface area contributed by atoms with Gasteiger partial charge in [-0.3, -0.25) is 0 Å². The topological polar surface area (TPSA) is 48.5 Å². The smallest absolute Gasteiger partial charge is 0.166 e. The summed E-state index contributed by atoms with van der Waals surface area (Å²) in [7, 11) is 0. The van der Waals surface area contributed by atoms with Crippen molar-refractivity contribution < 1.29 is 0 Å². The Balaban J connectivity index is 1.17. The van der Waals surface area contributed by atoms with Gasteiger partial charge < -0.3 is 9.13 Å². The molecule has 0 aliphatic carbocycles. The van der Waals surface area contributed by atoms with Crippen molar-refractivity contribution in [3.05, 3.63) is 212 Å². The summed E-state index contributed by atoms with van der Waals surface area (Å²) in [5.41, 5.74) is 11.8. The molecule has 5 heteroatoms. The molecular weight excluding hydrogens is 731 g/mol. The van der Waals surface area contributed by atoms with Gasteiger partial charge in [0.1, 0.15) is 0 Å². The zero-order valence-corrected chi connectivity index (χ0v) is 32.4. The maximum absolute atomic E-state index is 5.43. The Bertz CT molecular complexity index is 3590. The van der Waals surface area contributed by atoms with E-state index in [4.69, 9.17) is 15.0 Å². The van der Waals surface area contributed by atoms with Crippen molar-refractivity contribution in [1.82, 2.24) is 24.1 Å². The molecule has 0 radical (unpaired) electrons. The lowest BCUT2D eigenvalue weighted by Gasteiger charge is -2.16. The van der Waals surface area contributed by atoms with Gasteiger partial charge in [-0.05, 0) is 64.4 Å². The maximum atomic E-state index is 5.43. The predicted octanol–water partition coefficient (Wildman–Crippen LogP) is 13.9. The van der Waals surface area contributed by atoms with E-state index in [0.717, 1.165) is 71.7 Å². The molecule has 0 bridgehead atoms. The molecule has 0 N–H and O–H groups in total. The Labute approximate surface area is 346 Å². The van der Waals surface area contributed by atoms with Crippen molar-refractivity contribution in [1.29, 1.82) is 0 Å². The molecule has 9 aromatic carbocycles. The second kappa shape index (κ2) is 13.8. The van der Waals surface area contributed by atoms with Crippen molar-refractivity contribution in [2.45, 2.75) is 0 Å². The average Bonchev–Trinajstić information content (AvgIpc) is 3.85. The molecule has 60 heavy (non-hydrogen) atoms. The highest BCUT2D eigenvalue weighted by molar-refractivity contribution is 6.17. The monoisotopic (exact) mass is 765 g/mol. The van der Waals surface area contributed by atoms with Gasteiger partial charge in [0, 0.05) is 43.9 Å². The lowest BCUT2D eigenvalue weighted by atomic mass is 9.94. The van der Waals surface area contributed by atoms with E-state index >= 15 is 0 Å². The van der Waals surface area contributed by atoms with E-state index in [1.807, 2.05) is 18.2 Å². The first-order chi connectivity index (χ1) is 29.8. The maximum Gasteiger partial charge on any atom is 0.166 e. The van der Waals surface area contributed by atoms with Crippen molar-refractivity contribution in [3.8, 4) is 56.7 Å². The van der Waals surface area contributed by atoms with Gasteiger partial charge in [-0.25, -0.2) is 15.0 Å².